The summed E-state index contributed by atoms with van der Waals surface area (Å²) >= 11 is 0. The topological polar surface area (TPSA) is 29.3 Å². The molecule has 0 aromatic rings. The number of hydrogen-bond acceptors (Lipinski definition) is 2. The van der Waals surface area contributed by atoms with Gasteiger partial charge in [0.25, 0.3) is 0 Å². The highest BCUT2D eigenvalue weighted by atomic mass is 15.2. The molecular weight excluding hydrogens is 244 g/mol. The molecule has 20 heavy (non-hydrogen) atoms. The van der Waals surface area contributed by atoms with Crippen molar-refractivity contribution in [2.24, 2.45) is 23.5 Å². The van der Waals surface area contributed by atoms with Crippen LogP contribution in [0.2, 0.25) is 0 Å². The van der Waals surface area contributed by atoms with Crippen LogP contribution in [0.1, 0.15) is 73.6 Å². The van der Waals surface area contributed by atoms with Crippen LogP contribution in [0.5, 0.6) is 0 Å². The van der Waals surface area contributed by atoms with Crippen LogP contribution in [-0.2, 0) is 0 Å². The van der Waals surface area contributed by atoms with Gasteiger partial charge in [0.2, 0.25) is 0 Å². The van der Waals surface area contributed by atoms with Crippen molar-refractivity contribution < 1.29 is 0 Å². The molecule has 0 aromatic carbocycles. The maximum atomic E-state index is 6.37. The first kappa shape index (κ1) is 18.0. The van der Waals surface area contributed by atoms with E-state index < -0.39 is 0 Å². The molecule has 0 bridgehead atoms. The molecule has 0 spiro atoms. The average molecular weight is 283 g/mol. The lowest BCUT2D eigenvalue weighted by Crippen LogP contribution is -2.64. The van der Waals surface area contributed by atoms with Crippen LogP contribution in [0.3, 0.4) is 0 Å². The zero-order valence-electron chi connectivity index (χ0n) is 14.8. The molecule has 2 heteroatoms. The van der Waals surface area contributed by atoms with Crippen LogP contribution in [0.15, 0.2) is 0 Å². The SMILES string of the molecule is CCC(CC)N(CC(C)C)C1(CN)CCCC(C)C1C. The Bertz CT molecular complexity index is 273. The van der Waals surface area contributed by atoms with Crippen LogP contribution in [0.4, 0.5) is 0 Å². The van der Waals surface area contributed by atoms with Crippen molar-refractivity contribution in [1.82, 2.24) is 4.90 Å². The van der Waals surface area contributed by atoms with Gasteiger partial charge in [0.05, 0.1) is 0 Å². The first-order valence-electron chi connectivity index (χ1n) is 8.89. The van der Waals surface area contributed by atoms with E-state index in [1.165, 1.54) is 38.6 Å². The van der Waals surface area contributed by atoms with Gasteiger partial charge in [0, 0.05) is 24.7 Å². The van der Waals surface area contributed by atoms with Gasteiger partial charge >= 0.3 is 0 Å². The Labute approximate surface area is 127 Å². The van der Waals surface area contributed by atoms with Crippen LogP contribution >= 0.6 is 0 Å². The van der Waals surface area contributed by atoms with Crippen LogP contribution in [0.25, 0.3) is 0 Å². The molecule has 1 aliphatic rings. The van der Waals surface area contributed by atoms with Gasteiger partial charge in [-0.25, -0.2) is 0 Å². The molecule has 3 atom stereocenters. The molecule has 1 rings (SSSR count). The van der Waals surface area contributed by atoms with Gasteiger partial charge in [-0.2, -0.15) is 0 Å². The van der Waals surface area contributed by atoms with E-state index in [0.29, 0.717) is 17.9 Å². The van der Waals surface area contributed by atoms with E-state index in [1.807, 2.05) is 0 Å². The maximum Gasteiger partial charge on any atom is 0.0362 e. The molecule has 2 N–H and O–H groups in total. The largest absolute Gasteiger partial charge is 0.329 e. The molecule has 0 heterocycles. The minimum atomic E-state index is 0.235. The van der Waals surface area contributed by atoms with Gasteiger partial charge in [-0.05, 0) is 37.0 Å². The Kier molecular flexibility index (Phi) is 7.00. The minimum Gasteiger partial charge on any atom is -0.329 e. The normalized spacial score (nSPS) is 31.5. The number of rotatable bonds is 7. The van der Waals surface area contributed by atoms with E-state index >= 15 is 0 Å². The molecule has 0 saturated heterocycles. The van der Waals surface area contributed by atoms with Crippen LogP contribution < -0.4 is 5.73 Å². The summed E-state index contributed by atoms with van der Waals surface area (Å²) in [5.41, 5.74) is 6.61. The van der Waals surface area contributed by atoms with Crippen LogP contribution in [0, 0.1) is 17.8 Å². The predicted molar refractivity (Wildman–Crippen MR) is 89.9 cm³/mol. The van der Waals surface area contributed by atoms with Gasteiger partial charge in [-0.3, -0.25) is 4.90 Å². The van der Waals surface area contributed by atoms with E-state index in [0.717, 1.165) is 12.5 Å². The molecule has 1 aliphatic carbocycles. The molecule has 0 radical (unpaired) electrons. The number of nitrogens with two attached hydrogens (primary N) is 1. The Balaban J connectivity index is 3.10. The highest BCUT2D eigenvalue weighted by Crippen LogP contribution is 2.43. The smallest absolute Gasteiger partial charge is 0.0362 e. The van der Waals surface area contributed by atoms with Crippen molar-refractivity contribution >= 4 is 0 Å². The highest BCUT2D eigenvalue weighted by molar-refractivity contribution is 5.02. The summed E-state index contributed by atoms with van der Waals surface area (Å²) in [5.74, 6) is 2.22. The van der Waals surface area contributed by atoms with Crippen molar-refractivity contribution in [3.8, 4) is 0 Å². The molecular formula is C18H38N2. The molecule has 0 aliphatic heterocycles. The molecule has 120 valence electrons. The van der Waals surface area contributed by atoms with E-state index in [9.17, 15) is 0 Å². The summed E-state index contributed by atoms with van der Waals surface area (Å²) in [6, 6.07) is 0.689. The van der Waals surface area contributed by atoms with E-state index in [2.05, 4.69) is 46.4 Å². The number of hydrogen-bond donors (Lipinski definition) is 1. The summed E-state index contributed by atoms with van der Waals surface area (Å²) in [7, 11) is 0. The quantitative estimate of drug-likeness (QED) is 0.755. The van der Waals surface area contributed by atoms with Crippen LogP contribution in [-0.4, -0.2) is 29.6 Å². The predicted octanol–water partition coefficient (Wildman–Crippen LogP) is 4.29. The lowest BCUT2D eigenvalue weighted by atomic mass is 9.66. The Morgan fingerprint density at radius 1 is 1.20 bits per heavy atom. The fourth-order valence-corrected chi connectivity index (χ4v) is 4.37. The van der Waals surface area contributed by atoms with Crippen molar-refractivity contribution in [2.45, 2.75) is 85.2 Å². The standard InChI is InChI=1S/C18H38N2/c1-7-17(8-2)20(12-14(3)4)18(13-19)11-9-10-15(5)16(18)6/h14-17H,7-13,19H2,1-6H3. The second-order valence-corrected chi connectivity index (χ2v) is 7.48. The minimum absolute atomic E-state index is 0.235. The van der Waals surface area contributed by atoms with Crippen molar-refractivity contribution in [3.63, 3.8) is 0 Å². The van der Waals surface area contributed by atoms with E-state index in [4.69, 9.17) is 5.73 Å². The van der Waals surface area contributed by atoms with Gasteiger partial charge < -0.3 is 5.73 Å². The molecule has 0 aromatic heterocycles. The van der Waals surface area contributed by atoms with Crippen molar-refractivity contribution in [3.05, 3.63) is 0 Å². The maximum absolute atomic E-state index is 6.37. The van der Waals surface area contributed by atoms with Crippen molar-refractivity contribution in [2.75, 3.05) is 13.1 Å². The molecule has 1 fully saturated rings. The first-order valence-corrected chi connectivity index (χ1v) is 8.89. The monoisotopic (exact) mass is 282 g/mol. The lowest BCUT2D eigenvalue weighted by molar-refractivity contribution is -0.0467. The summed E-state index contributed by atoms with van der Waals surface area (Å²) in [5, 5.41) is 0. The van der Waals surface area contributed by atoms with Gasteiger partial charge in [0.15, 0.2) is 0 Å². The summed E-state index contributed by atoms with van der Waals surface area (Å²) in [4.78, 5) is 2.82. The summed E-state index contributed by atoms with van der Waals surface area (Å²) in [6.07, 6.45) is 6.50. The Hall–Kier alpha value is -0.0800. The summed E-state index contributed by atoms with van der Waals surface area (Å²) < 4.78 is 0. The Morgan fingerprint density at radius 3 is 2.25 bits per heavy atom. The average Bonchev–Trinajstić information content (AvgIpc) is 2.42. The molecule has 0 amide bonds. The van der Waals surface area contributed by atoms with Gasteiger partial charge in [0.1, 0.15) is 0 Å². The molecule has 2 nitrogen and oxygen atoms in total. The fraction of sp³-hybridized carbons (Fsp3) is 1.00. The Morgan fingerprint density at radius 2 is 1.80 bits per heavy atom. The van der Waals surface area contributed by atoms with Crippen molar-refractivity contribution in [1.29, 1.82) is 0 Å². The zero-order valence-corrected chi connectivity index (χ0v) is 14.8. The third-order valence-electron chi connectivity index (χ3n) is 5.84. The fourth-order valence-electron chi connectivity index (χ4n) is 4.37. The molecule has 1 saturated carbocycles. The summed E-state index contributed by atoms with van der Waals surface area (Å²) in [6.45, 7) is 16.3. The second-order valence-electron chi connectivity index (χ2n) is 7.48. The second kappa shape index (κ2) is 7.79. The van der Waals surface area contributed by atoms with Gasteiger partial charge in [-0.15, -0.1) is 0 Å². The van der Waals surface area contributed by atoms with E-state index in [-0.39, 0.29) is 5.54 Å². The molecule has 3 unspecified atom stereocenters. The lowest BCUT2D eigenvalue weighted by Gasteiger charge is -2.55. The van der Waals surface area contributed by atoms with E-state index in [1.54, 1.807) is 0 Å². The zero-order chi connectivity index (χ0) is 15.3. The third kappa shape index (κ3) is 3.57. The first-order chi connectivity index (χ1) is 9.42. The van der Waals surface area contributed by atoms with Gasteiger partial charge in [-0.1, -0.05) is 54.4 Å². The highest BCUT2D eigenvalue weighted by Gasteiger charge is 2.46. The number of nitrogens with zero attached hydrogens (tertiary/aromatic N) is 1. The third-order valence-corrected chi connectivity index (χ3v) is 5.84.